The van der Waals surface area contributed by atoms with Gasteiger partial charge in [0.25, 0.3) is 0 Å². The van der Waals surface area contributed by atoms with Crippen LogP contribution in [0, 0.1) is 5.92 Å². The van der Waals surface area contributed by atoms with Crippen LogP contribution in [-0.2, 0) is 4.79 Å². The highest BCUT2D eigenvalue weighted by Gasteiger charge is 2.35. The number of amides is 1. The topological polar surface area (TPSA) is 77.0 Å². The van der Waals surface area contributed by atoms with Crippen LogP contribution in [0.5, 0.6) is 0 Å². The van der Waals surface area contributed by atoms with E-state index in [1.54, 1.807) is 7.05 Å². The highest BCUT2D eigenvalue weighted by molar-refractivity contribution is 5.81. The van der Waals surface area contributed by atoms with Gasteiger partial charge >= 0.3 is 0 Å². The van der Waals surface area contributed by atoms with E-state index >= 15 is 0 Å². The second-order valence-corrected chi connectivity index (χ2v) is 7.75. The lowest BCUT2D eigenvalue weighted by atomic mass is 9.80. The maximum Gasteiger partial charge on any atom is 0.225 e. The van der Waals surface area contributed by atoms with E-state index in [1.165, 1.54) is 19.3 Å². The summed E-state index contributed by atoms with van der Waals surface area (Å²) in [4.78, 5) is 18.9. The molecule has 3 fully saturated rings. The van der Waals surface area contributed by atoms with Crippen LogP contribution in [0.2, 0.25) is 0 Å². The van der Waals surface area contributed by atoms with Gasteiger partial charge in [0.05, 0.1) is 5.60 Å². The molecule has 3 rings (SSSR count). The number of hydrogen-bond acceptors (Lipinski definition) is 3. The minimum Gasteiger partial charge on any atom is -0.388 e. The monoisotopic (exact) mass is 336 g/mol. The fourth-order valence-electron chi connectivity index (χ4n) is 4.08. The molecule has 3 aliphatic rings. The molecule has 0 spiro atoms. The highest BCUT2D eigenvalue weighted by atomic mass is 16.3. The largest absolute Gasteiger partial charge is 0.388 e. The Labute approximate surface area is 145 Å². The number of aliphatic hydroxyl groups is 1. The Kier molecular flexibility index (Phi) is 5.64. The van der Waals surface area contributed by atoms with E-state index < -0.39 is 5.60 Å². The van der Waals surface area contributed by atoms with E-state index in [4.69, 9.17) is 0 Å². The minimum absolute atomic E-state index is 0.250. The smallest absolute Gasteiger partial charge is 0.225 e. The first-order valence-electron chi connectivity index (χ1n) is 9.58. The number of nitrogens with zero attached hydrogens (tertiary/aromatic N) is 2. The predicted molar refractivity (Wildman–Crippen MR) is 94.9 cm³/mol. The minimum atomic E-state index is -0.559. The van der Waals surface area contributed by atoms with Gasteiger partial charge < -0.3 is 20.6 Å². The maximum atomic E-state index is 12.6. The fraction of sp³-hybridized carbons (Fsp3) is 0.889. The molecule has 6 nitrogen and oxygen atoms in total. The number of nitrogens with one attached hydrogen (secondary N) is 2. The molecule has 0 aromatic carbocycles. The van der Waals surface area contributed by atoms with E-state index in [0.29, 0.717) is 12.5 Å². The zero-order valence-electron chi connectivity index (χ0n) is 14.9. The molecule has 2 saturated carbocycles. The summed E-state index contributed by atoms with van der Waals surface area (Å²) < 4.78 is 0. The van der Waals surface area contributed by atoms with Crippen molar-refractivity contribution < 1.29 is 9.90 Å². The molecule has 1 saturated heterocycles. The molecule has 1 heterocycles. The van der Waals surface area contributed by atoms with Crippen molar-refractivity contribution in [2.75, 3.05) is 26.7 Å². The molecular weight excluding hydrogens is 304 g/mol. The summed E-state index contributed by atoms with van der Waals surface area (Å²) in [5.41, 5.74) is -0.559. The Hall–Kier alpha value is -1.30. The van der Waals surface area contributed by atoms with E-state index in [2.05, 4.69) is 15.6 Å². The molecule has 0 aromatic rings. The molecule has 3 N–H and O–H groups in total. The van der Waals surface area contributed by atoms with Crippen LogP contribution in [0.1, 0.15) is 57.8 Å². The molecule has 0 radical (unpaired) electrons. The molecule has 2 aliphatic carbocycles. The van der Waals surface area contributed by atoms with Crippen molar-refractivity contribution in [3.8, 4) is 0 Å². The maximum absolute atomic E-state index is 12.6. The first kappa shape index (κ1) is 17.5. The molecule has 6 heteroatoms. The van der Waals surface area contributed by atoms with Crippen molar-refractivity contribution in [2.24, 2.45) is 10.9 Å². The molecule has 0 bridgehead atoms. The first-order chi connectivity index (χ1) is 11.6. The van der Waals surface area contributed by atoms with Gasteiger partial charge in [0.2, 0.25) is 5.91 Å². The van der Waals surface area contributed by atoms with Gasteiger partial charge in [-0.2, -0.15) is 0 Å². The van der Waals surface area contributed by atoms with Crippen molar-refractivity contribution in [1.29, 1.82) is 0 Å². The van der Waals surface area contributed by atoms with Gasteiger partial charge in [-0.1, -0.05) is 19.3 Å². The normalized spacial score (nSPS) is 27.7. The number of carbonyl (C=O) groups excluding carboxylic acids is 1. The molecular formula is C18H32N4O2. The van der Waals surface area contributed by atoms with Crippen LogP contribution in [0.3, 0.4) is 0 Å². The van der Waals surface area contributed by atoms with Gasteiger partial charge in [0, 0.05) is 38.6 Å². The molecule has 136 valence electrons. The lowest BCUT2D eigenvalue weighted by molar-refractivity contribution is -0.135. The lowest BCUT2D eigenvalue weighted by Crippen LogP contribution is -2.52. The SMILES string of the molecule is CN=C(NCC1(O)CCC1)NC1CCN(C(=O)C2CCCCC2)C1. The van der Waals surface area contributed by atoms with E-state index in [9.17, 15) is 9.90 Å². The number of carbonyl (C=O) groups is 1. The van der Waals surface area contributed by atoms with Gasteiger partial charge in [0.15, 0.2) is 5.96 Å². The predicted octanol–water partition coefficient (Wildman–Crippen LogP) is 1.25. The van der Waals surface area contributed by atoms with Gasteiger partial charge in [0.1, 0.15) is 0 Å². The molecule has 1 amide bonds. The van der Waals surface area contributed by atoms with Crippen molar-refractivity contribution >= 4 is 11.9 Å². The van der Waals surface area contributed by atoms with Gasteiger partial charge in [-0.25, -0.2) is 0 Å². The Morgan fingerprint density at radius 3 is 2.58 bits per heavy atom. The Morgan fingerprint density at radius 2 is 1.96 bits per heavy atom. The average molecular weight is 336 g/mol. The second-order valence-electron chi connectivity index (χ2n) is 7.75. The number of aliphatic imine (C=N–C) groups is 1. The Balaban J connectivity index is 1.43. The highest BCUT2D eigenvalue weighted by Crippen LogP contribution is 2.30. The van der Waals surface area contributed by atoms with Gasteiger partial charge in [-0.3, -0.25) is 9.79 Å². The summed E-state index contributed by atoms with van der Waals surface area (Å²) in [6.07, 6.45) is 9.60. The molecule has 1 unspecified atom stereocenters. The molecule has 24 heavy (non-hydrogen) atoms. The summed E-state index contributed by atoms with van der Waals surface area (Å²) in [5, 5.41) is 16.8. The number of likely N-dealkylation sites (tertiary alicyclic amines) is 1. The van der Waals surface area contributed by atoms with Crippen LogP contribution < -0.4 is 10.6 Å². The third-order valence-electron chi connectivity index (χ3n) is 5.89. The summed E-state index contributed by atoms with van der Waals surface area (Å²) in [6, 6.07) is 0.250. The van der Waals surface area contributed by atoms with Crippen LogP contribution in [0.4, 0.5) is 0 Å². The van der Waals surface area contributed by atoms with E-state index in [-0.39, 0.29) is 12.0 Å². The van der Waals surface area contributed by atoms with E-state index in [1.807, 2.05) is 4.90 Å². The van der Waals surface area contributed by atoms with Crippen LogP contribution >= 0.6 is 0 Å². The van der Waals surface area contributed by atoms with Crippen molar-refractivity contribution in [1.82, 2.24) is 15.5 Å². The zero-order chi connectivity index (χ0) is 17.0. The van der Waals surface area contributed by atoms with Crippen molar-refractivity contribution in [3.63, 3.8) is 0 Å². The third-order valence-corrected chi connectivity index (χ3v) is 5.89. The Bertz CT molecular complexity index is 470. The zero-order valence-corrected chi connectivity index (χ0v) is 14.9. The van der Waals surface area contributed by atoms with Gasteiger partial charge in [-0.15, -0.1) is 0 Å². The van der Waals surface area contributed by atoms with Crippen LogP contribution in [0.25, 0.3) is 0 Å². The second kappa shape index (κ2) is 7.72. The third kappa shape index (κ3) is 4.21. The number of hydrogen-bond donors (Lipinski definition) is 3. The summed E-state index contributed by atoms with van der Waals surface area (Å²) in [6.45, 7) is 2.15. The van der Waals surface area contributed by atoms with E-state index in [0.717, 1.165) is 57.6 Å². The van der Waals surface area contributed by atoms with Gasteiger partial charge in [-0.05, 0) is 38.5 Å². The summed E-state index contributed by atoms with van der Waals surface area (Å²) >= 11 is 0. The van der Waals surface area contributed by atoms with Crippen LogP contribution in [-0.4, -0.2) is 60.2 Å². The Morgan fingerprint density at radius 1 is 1.21 bits per heavy atom. The fourth-order valence-corrected chi connectivity index (χ4v) is 4.08. The average Bonchev–Trinajstić information content (AvgIpc) is 3.05. The lowest BCUT2D eigenvalue weighted by Gasteiger charge is -2.37. The standard InChI is InChI=1S/C18H32N4O2/c1-19-17(20-13-18(24)9-5-10-18)21-15-8-11-22(12-15)16(23)14-6-3-2-4-7-14/h14-15,24H,2-13H2,1H3,(H2,19,20,21). The molecule has 1 atom stereocenters. The summed E-state index contributed by atoms with van der Waals surface area (Å²) in [7, 11) is 1.75. The van der Waals surface area contributed by atoms with Crippen molar-refractivity contribution in [2.45, 2.75) is 69.4 Å². The number of rotatable bonds is 4. The number of guanidine groups is 1. The molecule has 1 aliphatic heterocycles. The first-order valence-corrected chi connectivity index (χ1v) is 9.58. The van der Waals surface area contributed by atoms with Crippen LogP contribution in [0.15, 0.2) is 4.99 Å². The quantitative estimate of drug-likeness (QED) is 0.533. The summed E-state index contributed by atoms with van der Waals surface area (Å²) in [5.74, 6) is 1.33. The molecule has 0 aromatic heterocycles. The van der Waals surface area contributed by atoms with Crippen molar-refractivity contribution in [3.05, 3.63) is 0 Å².